The SMILES string of the molecule is C=C1/C(=C\C=C2/CCC[C@]3(C)[C@@H]([C@@H](C)CC(C)C)CC[C@@H]23)C[C@@H](O)/C(=C\CCO)[C@@H]1O. The lowest BCUT2D eigenvalue weighted by molar-refractivity contribution is 0.0893. The lowest BCUT2D eigenvalue weighted by Gasteiger charge is -2.44. The van der Waals surface area contributed by atoms with Crippen molar-refractivity contribution >= 4 is 0 Å². The second-order valence-corrected chi connectivity index (χ2v) is 11.0. The van der Waals surface area contributed by atoms with Crippen LogP contribution in [0.4, 0.5) is 0 Å². The first kappa shape index (κ1) is 24.5. The lowest BCUT2D eigenvalue weighted by Crippen LogP contribution is -2.36. The van der Waals surface area contributed by atoms with Gasteiger partial charge in [-0.1, -0.05) is 58.1 Å². The van der Waals surface area contributed by atoms with Gasteiger partial charge in [-0.3, -0.25) is 0 Å². The fourth-order valence-corrected chi connectivity index (χ4v) is 7.00. The molecule has 0 radical (unpaired) electrons. The summed E-state index contributed by atoms with van der Waals surface area (Å²) in [5.74, 6) is 3.00. The molecule has 3 nitrogen and oxygen atoms in total. The fraction of sp³-hybridized carbons (Fsp3) is 0.714. The molecule has 3 aliphatic rings. The Kier molecular flexibility index (Phi) is 8.05. The highest BCUT2D eigenvalue weighted by molar-refractivity contribution is 5.46. The summed E-state index contributed by atoms with van der Waals surface area (Å²) in [6.45, 7) is 13.8. The van der Waals surface area contributed by atoms with E-state index in [9.17, 15) is 10.2 Å². The van der Waals surface area contributed by atoms with Crippen LogP contribution in [0.3, 0.4) is 0 Å². The number of aliphatic hydroxyl groups is 3. The van der Waals surface area contributed by atoms with Crippen LogP contribution in [0.2, 0.25) is 0 Å². The molecule has 0 saturated heterocycles. The zero-order valence-electron chi connectivity index (χ0n) is 20.1. The number of allylic oxidation sites excluding steroid dienone is 3. The second kappa shape index (κ2) is 10.2. The zero-order chi connectivity index (χ0) is 22.8. The van der Waals surface area contributed by atoms with E-state index in [0.717, 1.165) is 29.7 Å². The van der Waals surface area contributed by atoms with Crippen LogP contribution >= 0.6 is 0 Å². The van der Waals surface area contributed by atoms with E-state index in [4.69, 9.17) is 5.11 Å². The van der Waals surface area contributed by atoms with Gasteiger partial charge in [0, 0.05) is 13.0 Å². The molecule has 0 heterocycles. The number of rotatable bonds is 6. The molecular formula is C28H44O3. The predicted molar refractivity (Wildman–Crippen MR) is 129 cm³/mol. The molecule has 0 aromatic rings. The van der Waals surface area contributed by atoms with E-state index in [0.29, 0.717) is 35.3 Å². The van der Waals surface area contributed by atoms with E-state index >= 15 is 0 Å². The number of hydrogen-bond donors (Lipinski definition) is 3. The van der Waals surface area contributed by atoms with Crippen LogP contribution in [-0.2, 0) is 0 Å². The Morgan fingerprint density at radius 3 is 2.58 bits per heavy atom. The monoisotopic (exact) mass is 428 g/mol. The molecule has 174 valence electrons. The van der Waals surface area contributed by atoms with Crippen molar-refractivity contribution in [2.45, 2.75) is 91.3 Å². The van der Waals surface area contributed by atoms with Crippen molar-refractivity contribution in [1.82, 2.24) is 0 Å². The van der Waals surface area contributed by atoms with Crippen LogP contribution in [0.15, 0.2) is 47.1 Å². The normalized spacial score (nSPS) is 39.0. The summed E-state index contributed by atoms with van der Waals surface area (Å²) in [6, 6.07) is 0. The Labute approximate surface area is 189 Å². The van der Waals surface area contributed by atoms with Crippen LogP contribution in [0.1, 0.15) is 79.1 Å². The van der Waals surface area contributed by atoms with Crippen LogP contribution in [-0.4, -0.2) is 34.1 Å². The van der Waals surface area contributed by atoms with Crippen LogP contribution in [0, 0.1) is 29.1 Å². The van der Waals surface area contributed by atoms with Gasteiger partial charge in [0.2, 0.25) is 0 Å². The highest BCUT2D eigenvalue weighted by Crippen LogP contribution is 2.60. The minimum absolute atomic E-state index is 0.0150. The molecule has 31 heavy (non-hydrogen) atoms. The van der Waals surface area contributed by atoms with Crippen LogP contribution < -0.4 is 0 Å². The highest BCUT2D eigenvalue weighted by atomic mass is 16.3. The molecule has 0 bridgehead atoms. The Balaban J connectivity index is 1.78. The van der Waals surface area contributed by atoms with E-state index in [1.54, 1.807) is 11.6 Å². The van der Waals surface area contributed by atoms with Gasteiger partial charge in [0.25, 0.3) is 0 Å². The molecule has 3 saturated carbocycles. The van der Waals surface area contributed by atoms with Crippen molar-refractivity contribution in [3.8, 4) is 0 Å². The third-order valence-electron chi connectivity index (χ3n) is 8.43. The summed E-state index contributed by atoms with van der Waals surface area (Å²) >= 11 is 0. The van der Waals surface area contributed by atoms with Crippen molar-refractivity contribution in [1.29, 1.82) is 0 Å². The Hall–Kier alpha value is -1.16. The first-order valence-electron chi connectivity index (χ1n) is 12.4. The minimum atomic E-state index is -0.857. The van der Waals surface area contributed by atoms with Crippen molar-refractivity contribution in [2.24, 2.45) is 29.1 Å². The number of aliphatic hydroxyl groups excluding tert-OH is 3. The molecule has 0 aromatic carbocycles. The van der Waals surface area contributed by atoms with Gasteiger partial charge >= 0.3 is 0 Å². The van der Waals surface area contributed by atoms with Gasteiger partial charge in [-0.2, -0.15) is 0 Å². The minimum Gasteiger partial charge on any atom is -0.396 e. The van der Waals surface area contributed by atoms with Gasteiger partial charge in [0.1, 0.15) is 6.10 Å². The number of hydrogen-bond acceptors (Lipinski definition) is 3. The molecule has 0 amide bonds. The molecule has 3 rings (SSSR count). The summed E-state index contributed by atoms with van der Waals surface area (Å²) in [5, 5.41) is 30.2. The third kappa shape index (κ3) is 5.10. The van der Waals surface area contributed by atoms with Crippen LogP contribution in [0.5, 0.6) is 0 Å². The maximum absolute atomic E-state index is 10.6. The molecule has 0 aromatic heterocycles. The highest BCUT2D eigenvalue weighted by Gasteiger charge is 2.50. The van der Waals surface area contributed by atoms with Gasteiger partial charge in [0.05, 0.1) is 6.10 Å². The first-order valence-corrected chi connectivity index (χ1v) is 12.4. The van der Waals surface area contributed by atoms with Crippen molar-refractivity contribution in [3.05, 3.63) is 47.1 Å². The molecule has 3 heteroatoms. The Bertz CT molecular complexity index is 743. The Morgan fingerprint density at radius 1 is 1.16 bits per heavy atom. The zero-order valence-corrected chi connectivity index (χ0v) is 20.1. The average molecular weight is 429 g/mol. The maximum Gasteiger partial charge on any atom is 0.102 e. The van der Waals surface area contributed by atoms with Gasteiger partial charge in [-0.05, 0) is 90.8 Å². The predicted octanol–water partition coefficient (Wildman–Crippen LogP) is 5.73. The van der Waals surface area contributed by atoms with Gasteiger partial charge in [-0.15, -0.1) is 0 Å². The van der Waals surface area contributed by atoms with Crippen LogP contribution in [0.25, 0.3) is 0 Å². The van der Waals surface area contributed by atoms with Gasteiger partial charge in [0.15, 0.2) is 0 Å². The maximum atomic E-state index is 10.6. The topological polar surface area (TPSA) is 60.7 Å². The molecular weight excluding hydrogens is 384 g/mol. The summed E-state index contributed by atoms with van der Waals surface area (Å²) in [7, 11) is 0. The summed E-state index contributed by atoms with van der Waals surface area (Å²) in [4.78, 5) is 0. The molecule has 3 aliphatic carbocycles. The smallest absolute Gasteiger partial charge is 0.102 e. The summed E-state index contributed by atoms with van der Waals surface area (Å²) in [6.07, 6.45) is 13.2. The summed E-state index contributed by atoms with van der Waals surface area (Å²) < 4.78 is 0. The molecule has 0 unspecified atom stereocenters. The van der Waals surface area contributed by atoms with E-state index in [2.05, 4.69) is 46.4 Å². The second-order valence-electron chi connectivity index (χ2n) is 11.0. The molecule has 0 aliphatic heterocycles. The lowest BCUT2D eigenvalue weighted by atomic mass is 9.60. The van der Waals surface area contributed by atoms with E-state index < -0.39 is 12.2 Å². The molecule has 6 atom stereocenters. The largest absolute Gasteiger partial charge is 0.396 e. The summed E-state index contributed by atoms with van der Waals surface area (Å²) in [5.41, 5.74) is 4.16. The van der Waals surface area contributed by atoms with Gasteiger partial charge in [-0.25, -0.2) is 0 Å². The van der Waals surface area contributed by atoms with E-state index in [-0.39, 0.29) is 6.61 Å². The van der Waals surface area contributed by atoms with E-state index in [1.807, 2.05) is 0 Å². The van der Waals surface area contributed by atoms with Crippen molar-refractivity contribution in [2.75, 3.05) is 6.61 Å². The third-order valence-corrected chi connectivity index (χ3v) is 8.43. The number of fused-ring (bicyclic) bond motifs is 1. The molecule has 3 fully saturated rings. The molecule has 0 spiro atoms. The first-order chi connectivity index (χ1) is 14.7. The standard InChI is InChI=1S/C28H44O3/c1-18(2)16-19(3)24-12-13-25-21(8-6-14-28(24,25)5)10-11-22-17-26(30)23(9-7-15-29)27(31)20(22)4/h9-11,18-19,24-27,29-31H,4,6-8,12-17H2,1-3,5H3/b21-10+,22-11-,23-9+/t19-,24+,25-,26+,27+,28+/m0/s1. The quantitative estimate of drug-likeness (QED) is 0.474. The van der Waals surface area contributed by atoms with Crippen molar-refractivity contribution in [3.63, 3.8) is 0 Å². The van der Waals surface area contributed by atoms with E-state index in [1.165, 1.54) is 32.1 Å². The van der Waals surface area contributed by atoms with Gasteiger partial charge < -0.3 is 15.3 Å². The van der Waals surface area contributed by atoms with Crippen molar-refractivity contribution < 1.29 is 15.3 Å². The average Bonchev–Trinajstić information content (AvgIpc) is 3.06. The fourth-order valence-electron chi connectivity index (χ4n) is 7.00. The molecule has 3 N–H and O–H groups in total. The Morgan fingerprint density at radius 2 is 1.90 bits per heavy atom.